The lowest BCUT2D eigenvalue weighted by Gasteiger charge is -2.08. The highest BCUT2D eigenvalue weighted by Crippen LogP contribution is 2.31. The van der Waals surface area contributed by atoms with E-state index in [9.17, 15) is 4.79 Å². The maximum absolute atomic E-state index is 11.9. The molecule has 22 heavy (non-hydrogen) atoms. The van der Waals surface area contributed by atoms with Crippen molar-refractivity contribution >= 4 is 35.2 Å². The number of benzene rings is 1. The summed E-state index contributed by atoms with van der Waals surface area (Å²) in [5, 5.41) is 12.7. The number of rotatable bonds is 6. The summed E-state index contributed by atoms with van der Waals surface area (Å²) in [6.45, 7) is 2.72. The average Bonchev–Trinajstić information content (AvgIpc) is 3.30. The maximum Gasteiger partial charge on any atom is 0.231 e. The molecule has 1 saturated carbocycles. The van der Waals surface area contributed by atoms with Gasteiger partial charge in [0.2, 0.25) is 11.9 Å². The van der Waals surface area contributed by atoms with Crippen LogP contribution in [0.2, 0.25) is 5.02 Å². The summed E-state index contributed by atoms with van der Waals surface area (Å²) >= 11 is 7.73. The van der Waals surface area contributed by atoms with E-state index in [0.717, 1.165) is 28.6 Å². The Kier molecular flexibility index (Phi) is 4.69. The number of hydrogen-bond acceptors (Lipinski definition) is 4. The first-order chi connectivity index (χ1) is 10.7. The Morgan fingerprint density at radius 1 is 1.41 bits per heavy atom. The second kappa shape index (κ2) is 6.71. The topological polar surface area (TPSA) is 59.8 Å². The molecule has 0 atom stereocenters. The summed E-state index contributed by atoms with van der Waals surface area (Å²) < 4.78 is 1.92. The van der Waals surface area contributed by atoms with Gasteiger partial charge in [-0.25, -0.2) is 0 Å². The molecule has 0 unspecified atom stereocenters. The van der Waals surface area contributed by atoms with Gasteiger partial charge in [0.25, 0.3) is 0 Å². The Bertz CT molecular complexity index is 684. The van der Waals surface area contributed by atoms with Crippen LogP contribution < -0.4 is 5.32 Å². The number of anilines is 1. The molecule has 0 bridgehead atoms. The maximum atomic E-state index is 11.9. The van der Waals surface area contributed by atoms with E-state index in [0.29, 0.717) is 18.2 Å². The van der Waals surface area contributed by atoms with E-state index in [1.54, 1.807) is 11.8 Å². The van der Waals surface area contributed by atoms with Crippen LogP contribution in [0.15, 0.2) is 29.4 Å². The van der Waals surface area contributed by atoms with Gasteiger partial charge in [-0.2, -0.15) is 0 Å². The molecule has 3 rings (SSSR count). The van der Waals surface area contributed by atoms with Crippen molar-refractivity contribution in [1.82, 2.24) is 14.8 Å². The van der Waals surface area contributed by atoms with Gasteiger partial charge in [0.15, 0.2) is 5.16 Å². The summed E-state index contributed by atoms with van der Waals surface area (Å²) in [6.07, 6.45) is 1.94. The van der Waals surface area contributed by atoms with E-state index in [1.165, 1.54) is 0 Å². The minimum atomic E-state index is 0.0461. The molecular weight excluding hydrogens is 320 g/mol. The van der Waals surface area contributed by atoms with Gasteiger partial charge in [0.1, 0.15) is 0 Å². The number of aromatic nitrogens is 3. The molecule has 1 N–H and O–H groups in total. The predicted octanol–water partition coefficient (Wildman–Crippen LogP) is 3.59. The van der Waals surface area contributed by atoms with E-state index in [4.69, 9.17) is 11.6 Å². The SMILES string of the molecule is CCn1c(NC(=O)C2CC2)nnc1SCc1ccccc1Cl. The Labute approximate surface area is 138 Å². The monoisotopic (exact) mass is 336 g/mol. The summed E-state index contributed by atoms with van der Waals surface area (Å²) in [6, 6.07) is 7.76. The lowest BCUT2D eigenvalue weighted by atomic mass is 10.2. The van der Waals surface area contributed by atoms with Crippen LogP contribution in [0, 0.1) is 5.92 Å². The van der Waals surface area contributed by atoms with Crippen LogP contribution in [0.4, 0.5) is 5.95 Å². The highest BCUT2D eigenvalue weighted by molar-refractivity contribution is 7.98. The van der Waals surface area contributed by atoms with Crippen LogP contribution in [0.5, 0.6) is 0 Å². The fraction of sp³-hybridized carbons (Fsp3) is 0.400. The Balaban J connectivity index is 1.69. The largest absolute Gasteiger partial charge is 0.294 e. The molecule has 1 aliphatic rings. The standard InChI is InChI=1S/C15H17ClN4OS/c1-2-20-14(17-13(21)10-7-8-10)18-19-15(20)22-9-11-5-3-4-6-12(11)16/h3-6,10H,2,7-9H2,1H3,(H,17,18,21). The zero-order chi connectivity index (χ0) is 15.5. The van der Waals surface area contributed by atoms with Crippen molar-refractivity contribution in [3.05, 3.63) is 34.9 Å². The van der Waals surface area contributed by atoms with Crippen molar-refractivity contribution in [1.29, 1.82) is 0 Å². The highest BCUT2D eigenvalue weighted by Gasteiger charge is 2.30. The lowest BCUT2D eigenvalue weighted by molar-refractivity contribution is -0.117. The molecule has 1 aromatic carbocycles. The van der Waals surface area contributed by atoms with Crippen LogP contribution in [0.1, 0.15) is 25.3 Å². The molecule has 1 aliphatic carbocycles. The molecule has 116 valence electrons. The molecule has 7 heteroatoms. The van der Waals surface area contributed by atoms with Gasteiger partial charge in [-0.3, -0.25) is 14.7 Å². The number of carbonyl (C=O) groups is 1. The second-order valence-corrected chi connectivity index (χ2v) is 6.54. The third-order valence-corrected chi connectivity index (χ3v) is 4.92. The molecular formula is C15H17ClN4OS. The van der Waals surface area contributed by atoms with E-state index in [1.807, 2.05) is 35.8 Å². The predicted molar refractivity (Wildman–Crippen MR) is 88.1 cm³/mol. The molecule has 0 spiro atoms. The van der Waals surface area contributed by atoms with Gasteiger partial charge < -0.3 is 0 Å². The molecule has 2 aromatic rings. The quantitative estimate of drug-likeness (QED) is 0.819. The summed E-state index contributed by atoms with van der Waals surface area (Å²) in [5.74, 6) is 1.45. The van der Waals surface area contributed by atoms with Crippen molar-refractivity contribution in [2.45, 2.75) is 37.2 Å². The van der Waals surface area contributed by atoms with Gasteiger partial charge in [-0.15, -0.1) is 10.2 Å². The molecule has 0 saturated heterocycles. The van der Waals surface area contributed by atoms with Gasteiger partial charge in [-0.1, -0.05) is 41.6 Å². The average molecular weight is 337 g/mol. The van der Waals surface area contributed by atoms with E-state index in [2.05, 4.69) is 15.5 Å². The van der Waals surface area contributed by atoms with E-state index in [-0.39, 0.29) is 11.8 Å². The number of halogens is 1. The summed E-state index contributed by atoms with van der Waals surface area (Å²) in [5.41, 5.74) is 1.06. The first kappa shape index (κ1) is 15.4. The smallest absolute Gasteiger partial charge is 0.231 e. The Hall–Kier alpha value is -1.53. The van der Waals surface area contributed by atoms with E-state index < -0.39 is 0 Å². The van der Waals surface area contributed by atoms with Crippen LogP contribution in [0.25, 0.3) is 0 Å². The van der Waals surface area contributed by atoms with Gasteiger partial charge in [0, 0.05) is 23.2 Å². The first-order valence-corrected chi connectivity index (χ1v) is 8.65. The van der Waals surface area contributed by atoms with Gasteiger partial charge in [0.05, 0.1) is 0 Å². The zero-order valence-electron chi connectivity index (χ0n) is 12.3. The van der Waals surface area contributed by atoms with Crippen molar-refractivity contribution in [2.24, 2.45) is 5.92 Å². The fourth-order valence-corrected chi connectivity index (χ4v) is 3.38. The Morgan fingerprint density at radius 2 is 2.18 bits per heavy atom. The third kappa shape index (κ3) is 3.44. The summed E-state index contributed by atoms with van der Waals surface area (Å²) in [7, 11) is 0. The molecule has 0 radical (unpaired) electrons. The third-order valence-electron chi connectivity index (χ3n) is 3.53. The van der Waals surface area contributed by atoms with Crippen LogP contribution in [-0.4, -0.2) is 20.7 Å². The van der Waals surface area contributed by atoms with Gasteiger partial charge >= 0.3 is 0 Å². The van der Waals surface area contributed by atoms with Crippen molar-refractivity contribution < 1.29 is 4.79 Å². The molecule has 1 aromatic heterocycles. The second-order valence-electron chi connectivity index (χ2n) is 5.19. The Morgan fingerprint density at radius 3 is 2.86 bits per heavy atom. The number of carbonyl (C=O) groups excluding carboxylic acids is 1. The fourth-order valence-electron chi connectivity index (χ4n) is 2.09. The van der Waals surface area contributed by atoms with E-state index >= 15 is 0 Å². The number of amides is 1. The highest BCUT2D eigenvalue weighted by atomic mass is 35.5. The van der Waals surface area contributed by atoms with Crippen molar-refractivity contribution in [3.63, 3.8) is 0 Å². The van der Waals surface area contributed by atoms with Crippen LogP contribution in [-0.2, 0) is 17.1 Å². The number of thioether (sulfide) groups is 1. The normalized spacial score (nSPS) is 14.1. The van der Waals surface area contributed by atoms with Crippen molar-refractivity contribution in [3.8, 4) is 0 Å². The number of nitrogens with one attached hydrogen (secondary N) is 1. The molecule has 1 heterocycles. The molecule has 0 aliphatic heterocycles. The number of hydrogen-bond donors (Lipinski definition) is 1. The van der Waals surface area contributed by atoms with Crippen LogP contribution in [0.3, 0.4) is 0 Å². The van der Waals surface area contributed by atoms with Crippen molar-refractivity contribution in [2.75, 3.05) is 5.32 Å². The first-order valence-electron chi connectivity index (χ1n) is 7.29. The molecule has 1 amide bonds. The van der Waals surface area contributed by atoms with Crippen LogP contribution >= 0.6 is 23.4 Å². The lowest BCUT2D eigenvalue weighted by Crippen LogP contribution is -2.17. The minimum Gasteiger partial charge on any atom is -0.294 e. The number of nitrogens with zero attached hydrogens (tertiary/aromatic N) is 3. The van der Waals surface area contributed by atoms with Gasteiger partial charge in [-0.05, 0) is 31.4 Å². The summed E-state index contributed by atoms with van der Waals surface area (Å²) in [4.78, 5) is 11.9. The molecule has 1 fully saturated rings. The minimum absolute atomic E-state index is 0.0461. The zero-order valence-corrected chi connectivity index (χ0v) is 13.8. The molecule has 5 nitrogen and oxygen atoms in total.